The standard InChI is InChI=1S/C24H22N6O2/c1-14-12-15(2)25-23-21(14)24(29-30(23)3)32-13-20(31)26-17-10-8-16(9-11-17)22-27-18-6-4-5-7-19(18)28-22/h4-12H,13H2,1-3H3,(H,26,31)(H,27,28). The summed E-state index contributed by atoms with van der Waals surface area (Å²) >= 11 is 0. The van der Waals surface area contributed by atoms with Crippen molar-refractivity contribution in [2.24, 2.45) is 7.05 Å². The number of para-hydroxylation sites is 2. The van der Waals surface area contributed by atoms with Gasteiger partial charge in [0.15, 0.2) is 12.3 Å². The first kappa shape index (κ1) is 19.7. The Morgan fingerprint density at radius 2 is 1.88 bits per heavy atom. The van der Waals surface area contributed by atoms with Gasteiger partial charge in [0.05, 0.1) is 16.4 Å². The molecule has 0 unspecified atom stereocenters. The lowest BCUT2D eigenvalue weighted by Gasteiger charge is -2.07. The minimum Gasteiger partial charge on any atom is -0.466 e. The second kappa shape index (κ2) is 7.81. The number of carbonyl (C=O) groups excluding carboxylic acids is 1. The monoisotopic (exact) mass is 426 g/mol. The zero-order valence-electron chi connectivity index (χ0n) is 18.0. The lowest BCUT2D eigenvalue weighted by molar-refractivity contribution is -0.118. The van der Waals surface area contributed by atoms with Gasteiger partial charge in [0.1, 0.15) is 5.82 Å². The van der Waals surface area contributed by atoms with Gasteiger partial charge in [-0.3, -0.25) is 4.79 Å². The van der Waals surface area contributed by atoms with Crippen molar-refractivity contribution in [3.8, 4) is 17.3 Å². The molecule has 2 aromatic carbocycles. The number of aromatic nitrogens is 5. The fourth-order valence-electron chi connectivity index (χ4n) is 3.78. The molecule has 3 aromatic heterocycles. The number of hydrogen-bond donors (Lipinski definition) is 2. The number of aryl methyl sites for hydroxylation is 3. The van der Waals surface area contributed by atoms with Crippen molar-refractivity contribution < 1.29 is 9.53 Å². The molecule has 0 atom stereocenters. The number of H-pyrrole nitrogens is 1. The highest BCUT2D eigenvalue weighted by Gasteiger charge is 2.16. The summed E-state index contributed by atoms with van der Waals surface area (Å²) in [5.41, 5.74) is 6.18. The number of imidazole rings is 1. The van der Waals surface area contributed by atoms with E-state index in [4.69, 9.17) is 4.74 Å². The molecule has 5 rings (SSSR count). The molecule has 0 saturated carbocycles. The van der Waals surface area contributed by atoms with E-state index in [-0.39, 0.29) is 12.5 Å². The number of fused-ring (bicyclic) bond motifs is 2. The summed E-state index contributed by atoms with van der Waals surface area (Å²) in [5, 5.41) is 8.05. The van der Waals surface area contributed by atoms with Gasteiger partial charge in [-0.1, -0.05) is 12.1 Å². The van der Waals surface area contributed by atoms with E-state index in [9.17, 15) is 4.79 Å². The molecule has 0 fully saturated rings. The second-order valence-electron chi connectivity index (χ2n) is 7.72. The second-order valence-corrected chi connectivity index (χ2v) is 7.72. The molecule has 5 aromatic rings. The van der Waals surface area contributed by atoms with Crippen LogP contribution < -0.4 is 10.1 Å². The van der Waals surface area contributed by atoms with Gasteiger partial charge in [-0.2, -0.15) is 0 Å². The third kappa shape index (κ3) is 3.66. The lowest BCUT2D eigenvalue weighted by Crippen LogP contribution is -2.20. The third-order valence-corrected chi connectivity index (χ3v) is 5.26. The molecule has 2 N–H and O–H groups in total. The molecule has 8 heteroatoms. The minimum atomic E-state index is -0.266. The molecule has 1 amide bonds. The molecule has 160 valence electrons. The quantitative estimate of drug-likeness (QED) is 0.440. The normalized spacial score (nSPS) is 11.2. The van der Waals surface area contributed by atoms with E-state index in [1.54, 1.807) is 4.68 Å². The average molecular weight is 426 g/mol. The molecule has 0 aliphatic rings. The number of carbonyl (C=O) groups is 1. The lowest BCUT2D eigenvalue weighted by atomic mass is 10.2. The van der Waals surface area contributed by atoms with E-state index in [0.717, 1.165) is 44.7 Å². The summed E-state index contributed by atoms with van der Waals surface area (Å²) in [6.45, 7) is 3.77. The van der Waals surface area contributed by atoms with Crippen LogP contribution in [0.4, 0.5) is 5.69 Å². The van der Waals surface area contributed by atoms with Crippen molar-refractivity contribution in [2.75, 3.05) is 11.9 Å². The largest absolute Gasteiger partial charge is 0.466 e. The highest BCUT2D eigenvalue weighted by Crippen LogP contribution is 2.27. The van der Waals surface area contributed by atoms with Crippen LogP contribution in [-0.2, 0) is 11.8 Å². The van der Waals surface area contributed by atoms with Crippen molar-refractivity contribution in [1.82, 2.24) is 24.7 Å². The first-order valence-corrected chi connectivity index (χ1v) is 10.3. The molecule has 0 saturated heterocycles. The number of benzene rings is 2. The van der Waals surface area contributed by atoms with Crippen LogP contribution in [0.3, 0.4) is 0 Å². The zero-order chi connectivity index (χ0) is 22.2. The average Bonchev–Trinajstić information content (AvgIpc) is 3.34. The van der Waals surface area contributed by atoms with Gasteiger partial charge in [0.2, 0.25) is 5.88 Å². The van der Waals surface area contributed by atoms with Crippen LogP contribution in [0.25, 0.3) is 33.5 Å². The Balaban J connectivity index is 1.26. The van der Waals surface area contributed by atoms with Crippen LogP contribution in [0.15, 0.2) is 54.6 Å². The van der Waals surface area contributed by atoms with E-state index in [1.165, 1.54) is 0 Å². The minimum absolute atomic E-state index is 0.148. The number of nitrogens with one attached hydrogen (secondary N) is 2. The smallest absolute Gasteiger partial charge is 0.262 e. The van der Waals surface area contributed by atoms with Crippen molar-refractivity contribution in [3.05, 3.63) is 65.9 Å². The number of ether oxygens (including phenoxy) is 1. The molecule has 0 aliphatic carbocycles. The number of anilines is 1. The number of aromatic amines is 1. The summed E-state index contributed by atoms with van der Waals surface area (Å²) in [6, 6.07) is 17.4. The van der Waals surface area contributed by atoms with Gasteiger partial charge in [-0.15, -0.1) is 5.10 Å². The Labute approximate surface area is 184 Å². The topological polar surface area (TPSA) is 97.7 Å². The molecule has 0 bridgehead atoms. The fourth-order valence-corrected chi connectivity index (χ4v) is 3.78. The van der Waals surface area contributed by atoms with E-state index in [0.29, 0.717) is 11.6 Å². The fraction of sp³-hybridized carbons (Fsp3) is 0.167. The molecule has 8 nitrogen and oxygen atoms in total. The van der Waals surface area contributed by atoms with Crippen LogP contribution in [0.2, 0.25) is 0 Å². The molecule has 0 spiro atoms. The summed E-state index contributed by atoms with van der Waals surface area (Å²) < 4.78 is 7.39. The molecular formula is C24H22N6O2. The highest BCUT2D eigenvalue weighted by molar-refractivity contribution is 5.93. The summed E-state index contributed by atoms with van der Waals surface area (Å²) in [6.07, 6.45) is 0. The number of nitrogens with zero attached hydrogens (tertiary/aromatic N) is 4. The number of rotatable bonds is 5. The zero-order valence-corrected chi connectivity index (χ0v) is 18.0. The van der Waals surface area contributed by atoms with Crippen LogP contribution in [0, 0.1) is 13.8 Å². The SMILES string of the molecule is Cc1cc(C)c2c(OCC(=O)Nc3ccc(-c4nc5ccccc5[nH]4)cc3)nn(C)c2n1. The van der Waals surface area contributed by atoms with Crippen LogP contribution in [0.1, 0.15) is 11.3 Å². The Morgan fingerprint density at radius 3 is 2.66 bits per heavy atom. The Kier molecular flexibility index (Phi) is 4.82. The highest BCUT2D eigenvalue weighted by atomic mass is 16.5. The predicted molar refractivity (Wildman–Crippen MR) is 124 cm³/mol. The number of hydrogen-bond acceptors (Lipinski definition) is 5. The van der Waals surface area contributed by atoms with E-state index in [2.05, 4.69) is 25.4 Å². The molecule has 32 heavy (non-hydrogen) atoms. The Hall–Kier alpha value is -4.20. The van der Waals surface area contributed by atoms with Crippen LogP contribution in [-0.4, -0.2) is 37.2 Å². The summed E-state index contributed by atoms with van der Waals surface area (Å²) in [5.74, 6) is 0.926. The van der Waals surface area contributed by atoms with Crippen molar-refractivity contribution in [2.45, 2.75) is 13.8 Å². The molecule has 0 radical (unpaired) electrons. The summed E-state index contributed by atoms with van der Waals surface area (Å²) in [4.78, 5) is 24.8. The molecule has 3 heterocycles. The van der Waals surface area contributed by atoms with Crippen LogP contribution in [0.5, 0.6) is 5.88 Å². The first-order valence-electron chi connectivity index (χ1n) is 10.3. The van der Waals surface area contributed by atoms with Gasteiger partial charge >= 0.3 is 0 Å². The van der Waals surface area contributed by atoms with Crippen molar-refractivity contribution >= 4 is 33.7 Å². The Bertz CT molecular complexity index is 1420. The Morgan fingerprint density at radius 1 is 1.09 bits per heavy atom. The van der Waals surface area contributed by atoms with Gasteiger partial charge in [0, 0.05) is 24.0 Å². The third-order valence-electron chi connectivity index (χ3n) is 5.26. The van der Waals surface area contributed by atoms with Gasteiger partial charge < -0.3 is 15.0 Å². The van der Waals surface area contributed by atoms with Gasteiger partial charge in [-0.25, -0.2) is 14.6 Å². The van der Waals surface area contributed by atoms with E-state index < -0.39 is 0 Å². The van der Waals surface area contributed by atoms with Gasteiger partial charge in [-0.05, 0) is 61.9 Å². The first-order chi connectivity index (χ1) is 15.5. The molecule has 0 aliphatic heterocycles. The maximum absolute atomic E-state index is 12.4. The van der Waals surface area contributed by atoms with Crippen LogP contribution >= 0.6 is 0 Å². The maximum atomic E-state index is 12.4. The van der Waals surface area contributed by atoms with Gasteiger partial charge in [0.25, 0.3) is 5.91 Å². The van der Waals surface area contributed by atoms with E-state index >= 15 is 0 Å². The maximum Gasteiger partial charge on any atom is 0.262 e. The molecular weight excluding hydrogens is 404 g/mol. The van der Waals surface area contributed by atoms with Crippen molar-refractivity contribution in [1.29, 1.82) is 0 Å². The predicted octanol–water partition coefficient (Wildman–Crippen LogP) is 4.15. The summed E-state index contributed by atoms with van der Waals surface area (Å²) in [7, 11) is 1.81. The number of amides is 1. The number of pyridine rings is 1. The van der Waals surface area contributed by atoms with E-state index in [1.807, 2.05) is 75.5 Å². The van der Waals surface area contributed by atoms with Crippen molar-refractivity contribution in [3.63, 3.8) is 0 Å².